The van der Waals surface area contributed by atoms with Gasteiger partial charge in [-0.2, -0.15) is 0 Å². The Balaban J connectivity index is 2.12. The van der Waals surface area contributed by atoms with Gasteiger partial charge >= 0.3 is 5.97 Å². The zero-order valence-electron chi connectivity index (χ0n) is 12.3. The summed E-state index contributed by atoms with van der Waals surface area (Å²) < 4.78 is 10.4. The molecule has 2 rings (SSSR count). The maximum absolute atomic E-state index is 11.9. The van der Waals surface area contributed by atoms with E-state index < -0.39 is 11.9 Å². The Morgan fingerprint density at radius 3 is 2.90 bits per heavy atom. The minimum absolute atomic E-state index is 0.151. The van der Waals surface area contributed by atoms with Crippen LogP contribution in [-0.4, -0.2) is 25.6 Å². The fraction of sp³-hybridized carbons (Fsp3) is 0.467. The van der Waals surface area contributed by atoms with Gasteiger partial charge in [0.15, 0.2) is 6.61 Å². The number of ether oxygens (including phenoxy) is 2. The predicted molar refractivity (Wildman–Crippen MR) is 76.2 cm³/mol. The third kappa shape index (κ3) is 3.65. The Morgan fingerprint density at radius 1 is 1.38 bits per heavy atom. The summed E-state index contributed by atoms with van der Waals surface area (Å²) in [6.07, 6.45) is 3.01. The van der Waals surface area contributed by atoms with Gasteiger partial charge in [-0.25, -0.2) is 4.79 Å². The number of hydroxylamine groups is 1. The molecule has 21 heavy (non-hydrogen) atoms. The van der Waals surface area contributed by atoms with Crippen molar-refractivity contribution >= 4 is 17.6 Å². The van der Waals surface area contributed by atoms with E-state index in [-0.39, 0.29) is 13.0 Å². The summed E-state index contributed by atoms with van der Waals surface area (Å²) in [4.78, 5) is 28.9. The minimum atomic E-state index is -0.424. The monoisotopic (exact) mass is 293 g/mol. The molecule has 0 spiro atoms. The molecule has 0 aromatic heterocycles. The number of hydrogen-bond donors (Lipinski definition) is 0. The summed E-state index contributed by atoms with van der Waals surface area (Å²) in [5.41, 5.74) is 0.384. The molecule has 1 aromatic carbocycles. The second-order valence-corrected chi connectivity index (χ2v) is 4.73. The highest BCUT2D eigenvalue weighted by Gasteiger charge is 2.29. The molecule has 6 heteroatoms. The molecule has 0 aliphatic carbocycles. The first-order chi connectivity index (χ1) is 10.2. The highest BCUT2D eigenvalue weighted by atomic mass is 16.7. The highest BCUT2D eigenvalue weighted by molar-refractivity contribution is 5.97. The van der Waals surface area contributed by atoms with Crippen molar-refractivity contribution in [3.63, 3.8) is 0 Å². The minimum Gasteiger partial charge on any atom is -0.497 e. The second-order valence-electron chi connectivity index (χ2n) is 4.73. The lowest BCUT2D eigenvalue weighted by molar-refractivity contribution is -0.151. The van der Waals surface area contributed by atoms with Crippen molar-refractivity contribution in [1.29, 1.82) is 0 Å². The Kier molecular flexibility index (Phi) is 5.03. The molecule has 0 atom stereocenters. The number of carbonyl (C=O) groups is 2. The molecule has 0 bridgehead atoms. The van der Waals surface area contributed by atoms with Crippen LogP contribution in [0.5, 0.6) is 11.5 Å². The lowest BCUT2D eigenvalue weighted by Gasteiger charge is -2.27. The number of methoxy groups -OCH3 is 1. The Hall–Kier alpha value is -2.24. The fourth-order valence-corrected chi connectivity index (χ4v) is 2.00. The van der Waals surface area contributed by atoms with Gasteiger partial charge in [0.1, 0.15) is 17.2 Å². The lowest BCUT2D eigenvalue weighted by atomic mass is 10.2. The number of unbranched alkanes of at least 4 members (excludes halogenated alkanes) is 2. The molecule has 0 radical (unpaired) electrons. The average molecular weight is 293 g/mol. The van der Waals surface area contributed by atoms with Crippen LogP contribution >= 0.6 is 0 Å². The Morgan fingerprint density at radius 2 is 2.19 bits per heavy atom. The van der Waals surface area contributed by atoms with E-state index in [9.17, 15) is 9.59 Å². The van der Waals surface area contributed by atoms with Crippen LogP contribution < -0.4 is 14.5 Å². The summed E-state index contributed by atoms with van der Waals surface area (Å²) in [7, 11) is 1.52. The molecule has 114 valence electrons. The van der Waals surface area contributed by atoms with Gasteiger partial charge in [0, 0.05) is 12.5 Å². The third-order valence-corrected chi connectivity index (χ3v) is 3.14. The van der Waals surface area contributed by atoms with E-state index in [1.54, 1.807) is 18.2 Å². The van der Waals surface area contributed by atoms with Crippen LogP contribution in [0, 0.1) is 0 Å². The van der Waals surface area contributed by atoms with Crippen LogP contribution in [0.1, 0.15) is 32.6 Å². The maximum atomic E-state index is 11.9. The van der Waals surface area contributed by atoms with Crippen molar-refractivity contribution in [3.05, 3.63) is 18.2 Å². The van der Waals surface area contributed by atoms with Crippen molar-refractivity contribution in [2.24, 2.45) is 0 Å². The van der Waals surface area contributed by atoms with Gasteiger partial charge in [-0.05, 0) is 18.6 Å². The van der Waals surface area contributed by atoms with Crippen molar-refractivity contribution in [2.45, 2.75) is 32.6 Å². The Bertz CT molecular complexity index is 529. The predicted octanol–water partition coefficient (Wildman–Crippen LogP) is 2.46. The Labute approximate surface area is 123 Å². The number of amides is 1. The van der Waals surface area contributed by atoms with Crippen molar-refractivity contribution in [1.82, 2.24) is 0 Å². The summed E-state index contributed by atoms with van der Waals surface area (Å²) >= 11 is 0. The van der Waals surface area contributed by atoms with E-state index in [0.717, 1.165) is 24.3 Å². The quantitative estimate of drug-likeness (QED) is 0.754. The summed E-state index contributed by atoms with van der Waals surface area (Å²) in [5.74, 6) is 0.197. The first-order valence-electron chi connectivity index (χ1n) is 7.00. The zero-order chi connectivity index (χ0) is 15.2. The number of carbonyl (C=O) groups excluding carboxylic acids is 2. The molecule has 1 amide bonds. The van der Waals surface area contributed by atoms with Crippen molar-refractivity contribution < 1.29 is 23.9 Å². The normalized spacial score (nSPS) is 13.4. The molecule has 0 unspecified atom stereocenters. The van der Waals surface area contributed by atoms with Gasteiger partial charge in [-0.15, -0.1) is 5.06 Å². The van der Waals surface area contributed by atoms with Crippen LogP contribution in [0.4, 0.5) is 5.69 Å². The number of nitrogens with zero attached hydrogens (tertiary/aromatic N) is 1. The van der Waals surface area contributed by atoms with Crippen LogP contribution in [0.2, 0.25) is 0 Å². The molecule has 6 nitrogen and oxygen atoms in total. The molecule has 1 heterocycles. The van der Waals surface area contributed by atoms with Crippen LogP contribution in [0.15, 0.2) is 18.2 Å². The SMILES string of the molecule is CCCCCC(=O)ON1C(=O)COc2ccc(OC)cc21. The van der Waals surface area contributed by atoms with Gasteiger partial charge in [-0.1, -0.05) is 19.8 Å². The van der Waals surface area contributed by atoms with E-state index in [2.05, 4.69) is 6.92 Å². The largest absolute Gasteiger partial charge is 0.497 e. The smallest absolute Gasteiger partial charge is 0.333 e. The summed E-state index contributed by atoms with van der Waals surface area (Å²) in [6, 6.07) is 5.00. The molecule has 1 aromatic rings. The number of rotatable bonds is 6. The molecule has 1 aliphatic rings. The number of benzene rings is 1. The first kappa shape index (κ1) is 15.2. The topological polar surface area (TPSA) is 65.1 Å². The van der Waals surface area contributed by atoms with Crippen molar-refractivity contribution in [2.75, 3.05) is 18.8 Å². The van der Waals surface area contributed by atoms with Gasteiger partial charge in [0.2, 0.25) is 0 Å². The molecule has 0 N–H and O–H groups in total. The van der Waals surface area contributed by atoms with E-state index in [1.165, 1.54) is 7.11 Å². The standard InChI is InChI=1S/C15H19NO5/c1-3-4-5-6-15(18)21-16-12-9-11(19-2)7-8-13(12)20-10-14(16)17/h7-9H,3-6,10H2,1-2H3. The lowest BCUT2D eigenvalue weighted by Crippen LogP contribution is -2.40. The van der Waals surface area contributed by atoms with Crippen LogP contribution in [-0.2, 0) is 14.4 Å². The molecular formula is C15H19NO5. The molecular weight excluding hydrogens is 274 g/mol. The zero-order valence-corrected chi connectivity index (χ0v) is 12.3. The summed E-state index contributed by atoms with van der Waals surface area (Å²) in [5, 5.41) is 0.996. The van der Waals surface area contributed by atoms with E-state index in [4.69, 9.17) is 14.3 Å². The number of fused-ring (bicyclic) bond motifs is 1. The molecule has 0 fully saturated rings. The van der Waals surface area contributed by atoms with E-state index in [1.807, 2.05) is 0 Å². The molecule has 0 saturated heterocycles. The van der Waals surface area contributed by atoms with Gasteiger partial charge in [0.25, 0.3) is 5.91 Å². The number of anilines is 1. The van der Waals surface area contributed by atoms with Crippen molar-refractivity contribution in [3.8, 4) is 11.5 Å². The highest BCUT2D eigenvalue weighted by Crippen LogP contribution is 2.35. The first-order valence-corrected chi connectivity index (χ1v) is 7.00. The van der Waals surface area contributed by atoms with Crippen LogP contribution in [0.3, 0.4) is 0 Å². The number of hydrogen-bond acceptors (Lipinski definition) is 5. The molecule has 0 saturated carbocycles. The van der Waals surface area contributed by atoms with Gasteiger partial charge < -0.3 is 14.3 Å². The van der Waals surface area contributed by atoms with E-state index in [0.29, 0.717) is 17.2 Å². The molecule has 1 aliphatic heterocycles. The fourth-order valence-electron chi connectivity index (χ4n) is 2.00. The van der Waals surface area contributed by atoms with Gasteiger partial charge in [0.05, 0.1) is 7.11 Å². The van der Waals surface area contributed by atoms with E-state index >= 15 is 0 Å². The van der Waals surface area contributed by atoms with Crippen LogP contribution in [0.25, 0.3) is 0 Å². The second kappa shape index (κ2) is 6.97. The summed E-state index contributed by atoms with van der Waals surface area (Å²) in [6.45, 7) is 1.90. The third-order valence-electron chi connectivity index (χ3n) is 3.14. The maximum Gasteiger partial charge on any atom is 0.333 e. The average Bonchev–Trinajstić information content (AvgIpc) is 2.50. The van der Waals surface area contributed by atoms with Gasteiger partial charge in [-0.3, -0.25) is 4.79 Å².